The highest BCUT2D eigenvalue weighted by atomic mass is 32.2. The van der Waals surface area contributed by atoms with Gasteiger partial charge in [0.2, 0.25) is 20.9 Å². The molecular weight excluding hydrogens is 337 g/mol. The van der Waals surface area contributed by atoms with Crippen molar-refractivity contribution < 1.29 is 17.3 Å². The Morgan fingerprint density at radius 1 is 1.25 bits per heavy atom. The molecule has 1 aliphatic rings. The number of rotatable bonds is 5. The van der Waals surface area contributed by atoms with Crippen LogP contribution in [0.2, 0.25) is 0 Å². The molecule has 0 saturated heterocycles. The third-order valence-electron chi connectivity index (χ3n) is 3.61. The van der Waals surface area contributed by atoms with E-state index in [0.717, 1.165) is 12.8 Å². The second-order valence-electron chi connectivity index (χ2n) is 5.52. The highest BCUT2D eigenvalue weighted by Crippen LogP contribution is 2.38. The first-order valence-corrected chi connectivity index (χ1v) is 8.91. The van der Waals surface area contributed by atoms with Crippen molar-refractivity contribution in [2.75, 3.05) is 0 Å². The largest absolute Gasteiger partial charge is 0.338 e. The highest BCUT2D eigenvalue weighted by molar-refractivity contribution is 7.90. The van der Waals surface area contributed by atoms with E-state index in [2.05, 4.69) is 25.3 Å². The summed E-state index contributed by atoms with van der Waals surface area (Å²) < 4.78 is 43.4. The smallest absolute Gasteiger partial charge is 0.244 e. The Morgan fingerprint density at radius 2 is 2.04 bits per heavy atom. The Balaban J connectivity index is 1.59. The molecule has 3 aromatic rings. The number of aromatic nitrogens is 5. The van der Waals surface area contributed by atoms with Crippen LogP contribution in [0.1, 0.15) is 30.5 Å². The van der Waals surface area contributed by atoms with Gasteiger partial charge < -0.3 is 4.52 Å². The van der Waals surface area contributed by atoms with Gasteiger partial charge in [0.05, 0.1) is 5.56 Å². The first-order chi connectivity index (χ1) is 11.5. The van der Waals surface area contributed by atoms with Crippen molar-refractivity contribution in [3.8, 4) is 11.4 Å². The van der Waals surface area contributed by atoms with Gasteiger partial charge in [-0.15, -0.1) is 0 Å². The average molecular weight is 349 g/mol. The zero-order chi connectivity index (χ0) is 16.7. The predicted octanol–water partition coefficient (Wildman–Crippen LogP) is 1.85. The molecular formula is C14H12FN5O3S. The molecule has 8 nitrogen and oxygen atoms in total. The lowest BCUT2D eigenvalue weighted by atomic mass is 10.2. The number of halogens is 1. The van der Waals surface area contributed by atoms with E-state index in [4.69, 9.17) is 4.52 Å². The summed E-state index contributed by atoms with van der Waals surface area (Å²) >= 11 is 0. The van der Waals surface area contributed by atoms with E-state index in [1.807, 2.05) is 0 Å². The Bertz CT molecular complexity index is 993. The summed E-state index contributed by atoms with van der Waals surface area (Å²) in [5.74, 6) is -0.255. The maximum Gasteiger partial charge on any atom is 0.244 e. The average Bonchev–Trinajstić information content (AvgIpc) is 3.08. The molecule has 0 bridgehead atoms. The number of benzene rings is 1. The van der Waals surface area contributed by atoms with Crippen LogP contribution >= 0.6 is 0 Å². The monoisotopic (exact) mass is 349 g/mol. The van der Waals surface area contributed by atoms with Crippen LogP contribution in [0.5, 0.6) is 0 Å². The Morgan fingerprint density at radius 3 is 2.79 bits per heavy atom. The second kappa shape index (κ2) is 5.48. The third kappa shape index (κ3) is 2.80. The molecule has 0 spiro atoms. The molecule has 2 aromatic heterocycles. The molecule has 10 heteroatoms. The van der Waals surface area contributed by atoms with Gasteiger partial charge in [0.15, 0.2) is 11.6 Å². The summed E-state index contributed by atoms with van der Waals surface area (Å²) in [6.45, 7) is 0. The molecule has 0 unspecified atom stereocenters. The Labute approximate surface area is 136 Å². The molecule has 1 aliphatic carbocycles. The maximum atomic E-state index is 13.7. The lowest BCUT2D eigenvalue weighted by Crippen LogP contribution is -2.07. The van der Waals surface area contributed by atoms with Gasteiger partial charge in [-0.05, 0) is 25.0 Å². The molecule has 0 aliphatic heterocycles. The van der Waals surface area contributed by atoms with Gasteiger partial charge in [-0.1, -0.05) is 17.3 Å². The summed E-state index contributed by atoms with van der Waals surface area (Å²) in [7, 11) is -3.85. The van der Waals surface area contributed by atoms with Crippen LogP contribution in [0, 0.1) is 5.82 Å². The van der Waals surface area contributed by atoms with Crippen LogP contribution in [0.25, 0.3) is 11.4 Å². The Hall–Kier alpha value is -2.62. The van der Waals surface area contributed by atoms with E-state index in [0.29, 0.717) is 5.82 Å². The SMILES string of the molecule is O=S(=O)(Cc1nc(C2CC2)no1)c1nc(-c2ccccc2F)n[nH]1. The van der Waals surface area contributed by atoms with Crippen LogP contribution in [0.4, 0.5) is 4.39 Å². The minimum Gasteiger partial charge on any atom is -0.338 e. The van der Waals surface area contributed by atoms with Gasteiger partial charge in [-0.25, -0.2) is 17.9 Å². The molecule has 0 atom stereocenters. The lowest BCUT2D eigenvalue weighted by molar-refractivity contribution is 0.382. The van der Waals surface area contributed by atoms with Crippen molar-refractivity contribution in [1.29, 1.82) is 0 Å². The van der Waals surface area contributed by atoms with Gasteiger partial charge in [0.25, 0.3) is 0 Å². The minimum absolute atomic E-state index is 0.000687. The van der Waals surface area contributed by atoms with E-state index in [-0.39, 0.29) is 28.4 Å². The molecule has 1 saturated carbocycles. The molecule has 4 rings (SSSR count). The van der Waals surface area contributed by atoms with E-state index >= 15 is 0 Å². The first kappa shape index (κ1) is 14.9. The fourth-order valence-corrected chi connectivity index (χ4v) is 3.20. The highest BCUT2D eigenvalue weighted by Gasteiger charge is 2.30. The fraction of sp³-hybridized carbons (Fsp3) is 0.286. The quantitative estimate of drug-likeness (QED) is 0.747. The van der Waals surface area contributed by atoms with Crippen molar-refractivity contribution in [3.05, 3.63) is 41.8 Å². The molecule has 2 heterocycles. The van der Waals surface area contributed by atoms with E-state index in [1.54, 1.807) is 6.07 Å². The molecule has 124 valence electrons. The number of nitrogens with one attached hydrogen (secondary N) is 1. The van der Waals surface area contributed by atoms with E-state index in [1.165, 1.54) is 18.2 Å². The zero-order valence-corrected chi connectivity index (χ0v) is 13.1. The summed E-state index contributed by atoms with van der Waals surface area (Å²) in [4.78, 5) is 7.96. The van der Waals surface area contributed by atoms with Gasteiger partial charge >= 0.3 is 0 Å². The van der Waals surface area contributed by atoms with Gasteiger partial charge in [-0.3, -0.25) is 0 Å². The summed E-state index contributed by atoms with van der Waals surface area (Å²) in [5.41, 5.74) is 0.115. The first-order valence-electron chi connectivity index (χ1n) is 7.25. The number of hydrogen-bond donors (Lipinski definition) is 1. The van der Waals surface area contributed by atoms with Gasteiger partial charge in [-0.2, -0.15) is 15.1 Å². The van der Waals surface area contributed by atoms with E-state index in [9.17, 15) is 12.8 Å². The summed E-state index contributed by atoms with van der Waals surface area (Å²) in [5, 5.41) is 9.51. The fourth-order valence-electron chi connectivity index (χ4n) is 2.21. The minimum atomic E-state index is -3.85. The molecule has 1 aromatic carbocycles. The lowest BCUT2D eigenvalue weighted by Gasteiger charge is -1.96. The molecule has 1 N–H and O–H groups in total. The number of hydrogen-bond acceptors (Lipinski definition) is 7. The van der Waals surface area contributed by atoms with Crippen molar-refractivity contribution in [2.45, 2.75) is 29.7 Å². The van der Waals surface area contributed by atoms with Crippen molar-refractivity contribution in [1.82, 2.24) is 25.3 Å². The molecule has 1 fully saturated rings. The van der Waals surface area contributed by atoms with Crippen LogP contribution in [0.15, 0.2) is 33.9 Å². The summed E-state index contributed by atoms with van der Waals surface area (Å²) in [6.07, 6.45) is 1.97. The number of sulfone groups is 1. The number of aromatic amines is 1. The molecule has 0 amide bonds. The summed E-state index contributed by atoms with van der Waals surface area (Å²) in [6, 6.07) is 5.85. The Kier molecular flexibility index (Phi) is 3.41. The predicted molar refractivity (Wildman–Crippen MR) is 78.9 cm³/mol. The maximum absolute atomic E-state index is 13.7. The van der Waals surface area contributed by atoms with Crippen molar-refractivity contribution in [2.24, 2.45) is 0 Å². The van der Waals surface area contributed by atoms with Crippen molar-refractivity contribution >= 4 is 9.84 Å². The van der Waals surface area contributed by atoms with Gasteiger partial charge in [0, 0.05) is 5.92 Å². The third-order valence-corrected chi connectivity index (χ3v) is 5.01. The van der Waals surface area contributed by atoms with Crippen LogP contribution in [0.3, 0.4) is 0 Å². The molecule has 24 heavy (non-hydrogen) atoms. The van der Waals surface area contributed by atoms with E-state index < -0.39 is 21.4 Å². The normalized spacial score (nSPS) is 14.9. The second-order valence-corrected chi connectivity index (χ2v) is 7.43. The number of nitrogens with zero attached hydrogens (tertiary/aromatic N) is 4. The number of H-pyrrole nitrogens is 1. The van der Waals surface area contributed by atoms with Crippen molar-refractivity contribution in [3.63, 3.8) is 0 Å². The van der Waals surface area contributed by atoms with Crippen LogP contribution in [-0.4, -0.2) is 33.7 Å². The standard InChI is InChI=1S/C14H12FN5O3S/c15-10-4-2-1-3-9(10)13-17-14(19-18-13)24(21,22)7-11-16-12(20-23-11)8-5-6-8/h1-4,8H,5-7H2,(H,17,18,19). The molecule has 0 radical (unpaired) electrons. The zero-order valence-electron chi connectivity index (χ0n) is 12.3. The van der Waals surface area contributed by atoms with Crippen LogP contribution in [-0.2, 0) is 15.6 Å². The van der Waals surface area contributed by atoms with Crippen LogP contribution < -0.4 is 0 Å². The van der Waals surface area contributed by atoms with Gasteiger partial charge in [0.1, 0.15) is 11.6 Å². The topological polar surface area (TPSA) is 115 Å².